The standard InChI is InChI=1S/C17H21BrN2O3S/c1-10(12-4-5-12)20-9-13-6-14(18)7-15(16(13)17(20)21)24(22,23)19-8-11-2-3-11/h6-7,10-12,19H,2-5,8-9H2,1H3. The number of carbonyl (C=O) groups excluding carboxylic acids is 1. The van der Waals surface area contributed by atoms with Gasteiger partial charge in [0, 0.05) is 23.6 Å². The van der Waals surface area contributed by atoms with Gasteiger partial charge >= 0.3 is 0 Å². The molecule has 1 N–H and O–H groups in total. The zero-order valence-corrected chi connectivity index (χ0v) is 16.0. The van der Waals surface area contributed by atoms with E-state index in [0.717, 1.165) is 31.2 Å². The van der Waals surface area contributed by atoms with Crippen molar-refractivity contribution in [2.45, 2.75) is 50.1 Å². The maximum absolute atomic E-state index is 12.9. The average molecular weight is 413 g/mol. The molecule has 130 valence electrons. The van der Waals surface area contributed by atoms with E-state index in [1.165, 1.54) is 0 Å². The minimum atomic E-state index is -3.68. The van der Waals surface area contributed by atoms with Crippen molar-refractivity contribution in [3.8, 4) is 0 Å². The fourth-order valence-corrected chi connectivity index (χ4v) is 5.44. The first-order valence-electron chi connectivity index (χ1n) is 8.50. The van der Waals surface area contributed by atoms with Gasteiger partial charge in [0.1, 0.15) is 0 Å². The fraction of sp³-hybridized carbons (Fsp3) is 0.588. The van der Waals surface area contributed by atoms with E-state index in [4.69, 9.17) is 0 Å². The van der Waals surface area contributed by atoms with Crippen LogP contribution < -0.4 is 4.72 Å². The van der Waals surface area contributed by atoms with Crippen LogP contribution in [-0.2, 0) is 16.6 Å². The third-order valence-corrected chi connectivity index (χ3v) is 7.21. The number of nitrogens with one attached hydrogen (secondary N) is 1. The van der Waals surface area contributed by atoms with Gasteiger partial charge in [-0.1, -0.05) is 15.9 Å². The molecule has 0 saturated heterocycles. The third kappa shape index (κ3) is 3.02. The first-order chi connectivity index (χ1) is 11.4. The van der Waals surface area contributed by atoms with Crippen molar-refractivity contribution in [1.82, 2.24) is 9.62 Å². The zero-order valence-electron chi connectivity index (χ0n) is 13.6. The molecule has 1 unspecified atom stereocenters. The number of rotatable bonds is 6. The first-order valence-corrected chi connectivity index (χ1v) is 10.8. The molecule has 5 nitrogen and oxygen atoms in total. The summed E-state index contributed by atoms with van der Waals surface area (Å²) in [4.78, 5) is 14.9. The monoisotopic (exact) mass is 412 g/mol. The van der Waals surface area contributed by atoms with Gasteiger partial charge in [0.25, 0.3) is 5.91 Å². The quantitative estimate of drug-likeness (QED) is 0.780. The van der Waals surface area contributed by atoms with E-state index in [9.17, 15) is 13.2 Å². The number of fused-ring (bicyclic) bond motifs is 1. The smallest absolute Gasteiger partial charge is 0.256 e. The van der Waals surface area contributed by atoms with Gasteiger partial charge in [-0.2, -0.15) is 0 Å². The summed E-state index contributed by atoms with van der Waals surface area (Å²) < 4.78 is 28.9. The summed E-state index contributed by atoms with van der Waals surface area (Å²) >= 11 is 3.40. The first kappa shape index (κ1) is 16.5. The SMILES string of the molecule is CC(C1CC1)N1Cc2cc(Br)cc(S(=O)(=O)NCC3CC3)c2C1=O. The van der Waals surface area contributed by atoms with Gasteiger partial charge in [0.15, 0.2) is 0 Å². The Balaban J connectivity index is 1.68. The molecule has 1 aliphatic heterocycles. The van der Waals surface area contributed by atoms with Crippen LogP contribution in [0.1, 0.15) is 48.5 Å². The highest BCUT2D eigenvalue weighted by Crippen LogP contribution is 2.40. The number of amides is 1. The summed E-state index contributed by atoms with van der Waals surface area (Å²) in [5, 5.41) is 0. The van der Waals surface area contributed by atoms with Gasteiger partial charge in [-0.05, 0) is 62.1 Å². The maximum atomic E-state index is 12.9. The molecular formula is C17H21BrN2O3S. The molecule has 0 radical (unpaired) electrons. The van der Waals surface area contributed by atoms with Crippen molar-refractivity contribution >= 4 is 31.9 Å². The molecule has 1 aromatic carbocycles. The third-order valence-electron chi connectivity index (χ3n) is 5.31. The van der Waals surface area contributed by atoms with Gasteiger partial charge in [-0.15, -0.1) is 0 Å². The van der Waals surface area contributed by atoms with Crippen LogP contribution in [0.25, 0.3) is 0 Å². The molecule has 2 aliphatic carbocycles. The zero-order chi connectivity index (χ0) is 17.1. The second-order valence-corrected chi connectivity index (χ2v) is 9.90. The van der Waals surface area contributed by atoms with Gasteiger partial charge in [0.2, 0.25) is 10.0 Å². The van der Waals surface area contributed by atoms with Crippen molar-refractivity contribution in [2.24, 2.45) is 11.8 Å². The lowest BCUT2D eigenvalue weighted by atomic mass is 10.1. The van der Waals surface area contributed by atoms with E-state index in [2.05, 4.69) is 27.6 Å². The van der Waals surface area contributed by atoms with Crippen molar-refractivity contribution in [3.05, 3.63) is 27.7 Å². The predicted octanol–water partition coefficient (Wildman–Crippen LogP) is 2.89. The highest BCUT2D eigenvalue weighted by molar-refractivity contribution is 9.10. The molecule has 7 heteroatoms. The molecule has 1 aromatic rings. The summed E-state index contributed by atoms with van der Waals surface area (Å²) in [5.74, 6) is 0.852. The van der Waals surface area contributed by atoms with Gasteiger partial charge in [-0.25, -0.2) is 13.1 Å². The number of nitrogens with zero attached hydrogens (tertiary/aromatic N) is 1. The predicted molar refractivity (Wildman–Crippen MR) is 94.1 cm³/mol. The molecule has 24 heavy (non-hydrogen) atoms. The van der Waals surface area contributed by atoms with Crippen molar-refractivity contribution in [2.75, 3.05) is 6.54 Å². The van der Waals surface area contributed by atoms with Crippen LogP contribution in [0.3, 0.4) is 0 Å². The summed E-state index contributed by atoms with van der Waals surface area (Å²) in [7, 11) is -3.68. The molecule has 1 amide bonds. The van der Waals surface area contributed by atoms with Crippen molar-refractivity contribution in [1.29, 1.82) is 0 Å². The average Bonchev–Trinajstić information content (AvgIpc) is 3.43. The van der Waals surface area contributed by atoms with Crippen LogP contribution in [0.2, 0.25) is 0 Å². The molecule has 3 aliphatic rings. The fourth-order valence-electron chi connectivity index (χ4n) is 3.40. The lowest BCUT2D eigenvalue weighted by molar-refractivity contribution is 0.0694. The van der Waals surface area contributed by atoms with E-state index >= 15 is 0 Å². The minimum absolute atomic E-state index is 0.114. The Kier molecular flexibility index (Phi) is 4.01. The largest absolute Gasteiger partial charge is 0.331 e. The molecule has 0 aromatic heterocycles. The van der Waals surface area contributed by atoms with E-state index in [0.29, 0.717) is 35.0 Å². The van der Waals surface area contributed by atoms with Crippen LogP contribution in [-0.4, -0.2) is 31.8 Å². The Morgan fingerprint density at radius 2 is 2.00 bits per heavy atom. The minimum Gasteiger partial charge on any atom is -0.331 e. The Morgan fingerprint density at radius 1 is 1.29 bits per heavy atom. The number of hydrogen-bond donors (Lipinski definition) is 1. The molecule has 4 rings (SSSR count). The molecule has 0 bridgehead atoms. The number of sulfonamides is 1. The van der Waals surface area contributed by atoms with Gasteiger partial charge < -0.3 is 4.90 Å². The second-order valence-electron chi connectivity index (χ2n) is 7.24. The number of carbonyl (C=O) groups is 1. The van der Waals surface area contributed by atoms with E-state index in [-0.39, 0.29) is 16.8 Å². The van der Waals surface area contributed by atoms with Crippen LogP contribution >= 0.6 is 15.9 Å². The topological polar surface area (TPSA) is 66.5 Å². The molecule has 1 heterocycles. The summed E-state index contributed by atoms with van der Waals surface area (Å²) in [6, 6.07) is 3.59. The maximum Gasteiger partial charge on any atom is 0.256 e. The van der Waals surface area contributed by atoms with Crippen LogP contribution in [0.5, 0.6) is 0 Å². The summed E-state index contributed by atoms with van der Waals surface area (Å²) in [6.45, 7) is 3.02. The molecule has 0 spiro atoms. The lowest BCUT2D eigenvalue weighted by Crippen LogP contribution is -2.35. The van der Waals surface area contributed by atoms with Gasteiger partial charge in [-0.3, -0.25) is 4.79 Å². The number of halogens is 1. The van der Waals surface area contributed by atoms with Crippen LogP contribution in [0.15, 0.2) is 21.5 Å². The Labute approximate surface area is 151 Å². The van der Waals surface area contributed by atoms with E-state index in [1.807, 2.05) is 11.0 Å². The van der Waals surface area contributed by atoms with E-state index < -0.39 is 10.0 Å². The molecule has 2 saturated carbocycles. The van der Waals surface area contributed by atoms with Crippen LogP contribution in [0.4, 0.5) is 0 Å². The normalized spacial score (nSPS) is 21.9. The Morgan fingerprint density at radius 3 is 2.62 bits per heavy atom. The molecule has 2 fully saturated rings. The van der Waals surface area contributed by atoms with Gasteiger partial charge in [0.05, 0.1) is 10.5 Å². The highest BCUT2D eigenvalue weighted by atomic mass is 79.9. The van der Waals surface area contributed by atoms with Crippen LogP contribution in [0, 0.1) is 11.8 Å². The molecule has 1 atom stereocenters. The molecular weight excluding hydrogens is 392 g/mol. The number of benzene rings is 1. The lowest BCUT2D eigenvalue weighted by Gasteiger charge is -2.24. The highest BCUT2D eigenvalue weighted by Gasteiger charge is 2.41. The summed E-state index contributed by atoms with van der Waals surface area (Å²) in [5.41, 5.74) is 1.16. The van der Waals surface area contributed by atoms with E-state index in [1.54, 1.807) is 6.07 Å². The second kappa shape index (κ2) is 5.81. The number of hydrogen-bond acceptors (Lipinski definition) is 3. The summed E-state index contributed by atoms with van der Waals surface area (Å²) in [6.07, 6.45) is 4.45. The van der Waals surface area contributed by atoms with Crippen molar-refractivity contribution in [3.63, 3.8) is 0 Å². The Hall–Kier alpha value is -0.920. The van der Waals surface area contributed by atoms with Crippen molar-refractivity contribution < 1.29 is 13.2 Å². The Bertz CT molecular complexity index is 800.